The van der Waals surface area contributed by atoms with Gasteiger partial charge in [-0.15, -0.1) is 0 Å². The highest BCUT2D eigenvalue weighted by atomic mass is 16.6. The summed E-state index contributed by atoms with van der Waals surface area (Å²) >= 11 is 0. The van der Waals surface area contributed by atoms with Crippen molar-refractivity contribution >= 4 is 11.9 Å². The highest BCUT2D eigenvalue weighted by Gasteiger charge is 2.16. The molecule has 0 bridgehead atoms. The molecule has 0 amide bonds. The molecule has 0 aliphatic heterocycles. The molecule has 5 nitrogen and oxygen atoms in total. The normalized spacial score (nSPS) is 13.0. The number of ether oxygens (including phenoxy) is 2. The quantitative estimate of drug-likeness (QED) is 0.0373. The SMILES string of the molecule is CC/C=C\C/C=C\C/C=C\C/C=C\C/C=C\C/C=C\CCCCCCCCCCCCCCCCC(=O)OC(CO)COC(=O)CCCCCCCCCC/C=C\C/C=C\C/C=C\CCCCCCC. The molecule has 0 saturated heterocycles. The van der Waals surface area contributed by atoms with Crippen molar-refractivity contribution in [2.45, 2.75) is 277 Å². The average molecular weight is 972 g/mol. The van der Waals surface area contributed by atoms with E-state index >= 15 is 0 Å². The molecule has 0 aliphatic carbocycles. The van der Waals surface area contributed by atoms with Crippen molar-refractivity contribution in [3.05, 3.63) is 109 Å². The predicted octanol–water partition coefficient (Wildman–Crippen LogP) is 20.1. The summed E-state index contributed by atoms with van der Waals surface area (Å²) in [6, 6.07) is 0. The molecule has 1 atom stereocenters. The summed E-state index contributed by atoms with van der Waals surface area (Å²) in [5.41, 5.74) is 0. The molecule has 0 aliphatic rings. The number of hydrogen-bond donors (Lipinski definition) is 1. The zero-order valence-corrected chi connectivity index (χ0v) is 45.7. The summed E-state index contributed by atoms with van der Waals surface area (Å²) in [6.45, 7) is 4.02. The lowest BCUT2D eigenvalue weighted by molar-refractivity contribution is -0.161. The Balaban J connectivity index is 3.52. The molecule has 0 aromatic carbocycles. The fraction of sp³-hybridized carbons (Fsp3) is 0.692. The van der Waals surface area contributed by atoms with Crippen molar-refractivity contribution < 1.29 is 24.2 Å². The summed E-state index contributed by atoms with van der Waals surface area (Å²) < 4.78 is 10.7. The Hall–Kier alpha value is -3.44. The van der Waals surface area contributed by atoms with Gasteiger partial charge in [0, 0.05) is 12.8 Å². The van der Waals surface area contributed by atoms with Crippen LogP contribution in [0.3, 0.4) is 0 Å². The van der Waals surface area contributed by atoms with Crippen LogP contribution in [0.1, 0.15) is 271 Å². The van der Waals surface area contributed by atoms with Crippen molar-refractivity contribution in [3.63, 3.8) is 0 Å². The Bertz CT molecular complexity index is 1380. The molecule has 70 heavy (non-hydrogen) atoms. The van der Waals surface area contributed by atoms with Crippen LogP contribution < -0.4 is 0 Å². The van der Waals surface area contributed by atoms with E-state index in [1.54, 1.807) is 0 Å². The van der Waals surface area contributed by atoms with Crippen molar-refractivity contribution in [3.8, 4) is 0 Å². The maximum absolute atomic E-state index is 12.3. The zero-order valence-electron chi connectivity index (χ0n) is 45.7. The Morgan fingerprint density at radius 2 is 0.614 bits per heavy atom. The smallest absolute Gasteiger partial charge is 0.306 e. The average Bonchev–Trinajstić information content (AvgIpc) is 3.36. The van der Waals surface area contributed by atoms with Crippen molar-refractivity contribution in [1.29, 1.82) is 0 Å². The van der Waals surface area contributed by atoms with Crippen LogP contribution in [-0.4, -0.2) is 36.4 Å². The molecular weight excluding hydrogens is 861 g/mol. The molecule has 0 radical (unpaired) electrons. The van der Waals surface area contributed by atoms with E-state index in [1.165, 1.54) is 154 Å². The van der Waals surface area contributed by atoms with Crippen LogP contribution in [0.15, 0.2) is 109 Å². The monoisotopic (exact) mass is 971 g/mol. The van der Waals surface area contributed by atoms with Gasteiger partial charge in [0.05, 0.1) is 6.61 Å². The molecule has 0 heterocycles. The lowest BCUT2D eigenvalue weighted by atomic mass is 10.0. The van der Waals surface area contributed by atoms with Gasteiger partial charge in [-0.05, 0) is 103 Å². The lowest BCUT2D eigenvalue weighted by Crippen LogP contribution is -2.28. The Kier molecular flexibility index (Phi) is 56.9. The van der Waals surface area contributed by atoms with E-state index in [0.29, 0.717) is 12.8 Å². The second-order valence-corrected chi connectivity index (χ2v) is 19.3. The van der Waals surface area contributed by atoms with Crippen molar-refractivity contribution in [1.82, 2.24) is 0 Å². The van der Waals surface area contributed by atoms with Crippen LogP contribution in [0, 0.1) is 0 Å². The van der Waals surface area contributed by atoms with Crippen molar-refractivity contribution in [2.24, 2.45) is 0 Å². The van der Waals surface area contributed by atoms with Gasteiger partial charge in [-0.1, -0.05) is 264 Å². The Morgan fingerprint density at radius 3 is 0.929 bits per heavy atom. The van der Waals surface area contributed by atoms with Crippen LogP contribution in [-0.2, 0) is 19.1 Å². The first kappa shape index (κ1) is 66.6. The molecule has 400 valence electrons. The molecule has 5 heteroatoms. The summed E-state index contributed by atoms with van der Waals surface area (Å²) in [4.78, 5) is 24.5. The molecule has 0 spiro atoms. The molecule has 1 N–H and O–H groups in total. The van der Waals surface area contributed by atoms with Crippen LogP contribution >= 0.6 is 0 Å². The van der Waals surface area contributed by atoms with E-state index in [4.69, 9.17) is 9.47 Å². The van der Waals surface area contributed by atoms with Gasteiger partial charge in [-0.3, -0.25) is 9.59 Å². The predicted molar refractivity (Wildman–Crippen MR) is 306 cm³/mol. The lowest BCUT2D eigenvalue weighted by Gasteiger charge is -2.15. The van der Waals surface area contributed by atoms with Gasteiger partial charge in [0.2, 0.25) is 0 Å². The first-order chi connectivity index (χ1) is 34.6. The molecule has 0 saturated carbocycles. The number of allylic oxidation sites excluding steroid dienone is 18. The molecule has 1 unspecified atom stereocenters. The third kappa shape index (κ3) is 57.1. The summed E-state index contributed by atoms with van der Waals surface area (Å²) in [6.07, 6.45) is 86.3. The first-order valence-electron chi connectivity index (χ1n) is 29.4. The fourth-order valence-electron chi connectivity index (χ4n) is 8.15. The van der Waals surface area contributed by atoms with Crippen LogP contribution in [0.4, 0.5) is 0 Å². The first-order valence-corrected chi connectivity index (χ1v) is 29.4. The summed E-state index contributed by atoms with van der Waals surface area (Å²) in [7, 11) is 0. The second kappa shape index (κ2) is 59.9. The maximum Gasteiger partial charge on any atom is 0.306 e. The zero-order chi connectivity index (χ0) is 50.6. The van der Waals surface area contributed by atoms with Gasteiger partial charge in [0.15, 0.2) is 6.10 Å². The number of aliphatic hydroxyl groups is 1. The standard InChI is InChI=1S/C65H110O5/c1-3-5-7-9-11-13-15-17-19-21-23-25-27-28-29-30-31-32-33-34-35-36-38-40-42-44-46-48-50-52-54-56-58-60-65(68)70-63(61-66)62-69-64(67)59-57-55-53-51-49-47-45-43-41-39-37-26-24-22-20-18-16-14-12-10-8-6-4-2/h5,7,11,13,16-19,22-25,28-29,31-32,37,39,63,66H,3-4,6,8-10,12,14-15,20-21,26-27,30,33-36,38,40-62H2,1-2H3/b7-5-,13-11-,18-16-,19-17-,24-22-,25-23-,29-28-,32-31-,39-37-. The number of rotatable bonds is 53. The van der Waals surface area contributed by atoms with E-state index in [-0.39, 0.29) is 25.2 Å². The number of carbonyl (C=O) groups excluding carboxylic acids is 2. The highest BCUT2D eigenvalue weighted by molar-refractivity contribution is 5.70. The number of unbranched alkanes of at least 4 members (excludes halogenated alkanes) is 27. The Labute approximate surface area is 433 Å². The molecule has 0 fully saturated rings. The minimum absolute atomic E-state index is 0.0738. The largest absolute Gasteiger partial charge is 0.462 e. The minimum Gasteiger partial charge on any atom is -0.462 e. The number of aliphatic hydroxyl groups excluding tert-OH is 1. The van der Waals surface area contributed by atoms with E-state index < -0.39 is 6.10 Å². The molecular formula is C65H110O5. The molecule has 0 aromatic rings. The van der Waals surface area contributed by atoms with Gasteiger partial charge in [0.25, 0.3) is 0 Å². The van der Waals surface area contributed by atoms with Crippen LogP contribution in [0.2, 0.25) is 0 Å². The Morgan fingerprint density at radius 1 is 0.343 bits per heavy atom. The van der Waals surface area contributed by atoms with Gasteiger partial charge in [-0.2, -0.15) is 0 Å². The van der Waals surface area contributed by atoms with Crippen molar-refractivity contribution in [2.75, 3.05) is 13.2 Å². The number of carbonyl (C=O) groups is 2. The highest BCUT2D eigenvalue weighted by Crippen LogP contribution is 2.16. The van der Waals surface area contributed by atoms with Gasteiger partial charge in [-0.25, -0.2) is 0 Å². The summed E-state index contributed by atoms with van der Waals surface area (Å²) in [5.74, 6) is -0.598. The fourth-order valence-corrected chi connectivity index (χ4v) is 8.15. The number of esters is 2. The van der Waals surface area contributed by atoms with Gasteiger partial charge in [0.1, 0.15) is 6.61 Å². The van der Waals surface area contributed by atoms with Gasteiger partial charge >= 0.3 is 11.9 Å². The van der Waals surface area contributed by atoms with E-state index in [0.717, 1.165) is 89.9 Å². The molecule has 0 rings (SSSR count). The minimum atomic E-state index is -0.783. The van der Waals surface area contributed by atoms with E-state index in [2.05, 4.69) is 123 Å². The summed E-state index contributed by atoms with van der Waals surface area (Å²) in [5, 5.41) is 9.66. The maximum atomic E-state index is 12.3. The van der Waals surface area contributed by atoms with E-state index in [1.807, 2.05) is 0 Å². The van der Waals surface area contributed by atoms with E-state index in [9.17, 15) is 14.7 Å². The topological polar surface area (TPSA) is 72.8 Å². The van der Waals surface area contributed by atoms with Crippen LogP contribution in [0.25, 0.3) is 0 Å². The molecule has 0 aromatic heterocycles. The number of hydrogen-bond acceptors (Lipinski definition) is 5. The third-order valence-corrected chi connectivity index (χ3v) is 12.6. The second-order valence-electron chi connectivity index (χ2n) is 19.3. The van der Waals surface area contributed by atoms with Gasteiger partial charge < -0.3 is 14.6 Å². The third-order valence-electron chi connectivity index (χ3n) is 12.6. The van der Waals surface area contributed by atoms with Crippen LogP contribution in [0.5, 0.6) is 0 Å².